The molecular weight excluding hydrogens is 500 g/mol. The van der Waals surface area contributed by atoms with Crippen molar-refractivity contribution in [1.29, 1.82) is 0 Å². The van der Waals surface area contributed by atoms with E-state index in [9.17, 15) is 9.59 Å². The normalized spacial score (nSPS) is 23.9. The van der Waals surface area contributed by atoms with Crippen LogP contribution in [0, 0.1) is 6.92 Å². The summed E-state index contributed by atoms with van der Waals surface area (Å²) in [6.07, 6.45) is 4.98. The zero-order chi connectivity index (χ0) is 27.1. The maximum Gasteiger partial charge on any atom is 0.249 e. The second kappa shape index (κ2) is 13.6. The van der Waals surface area contributed by atoms with Gasteiger partial charge in [-0.3, -0.25) is 14.5 Å². The fraction of sp³-hybridized carbons (Fsp3) is 0.586. The van der Waals surface area contributed by atoms with Crippen LogP contribution in [0.25, 0.3) is 0 Å². The number of nitrogens with zero attached hydrogens (tertiary/aromatic N) is 2. The van der Waals surface area contributed by atoms with Crippen LogP contribution >= 0.6 is 11.3 Å². The molecule has 4 rings (SSSR count). The first kappa shape index (κ1) is 28.5. The zero-order valence-electron chi connectivity index (χ0n) is 22.9. The fourth-order valence-electron chi connectivity index (χ4n) is 5.68. The van der Waals surface area contributed by atoms with Gasteiger partial charge in [0, 0.05) is 54.6 Å². The summed E-state index contributed by atoms with van der Waals surface area (Å²) in [6, 6.07) is 12.4. The number of ether oxygens (including phenoxy) is 2. The zero-order valence-corrected chi connectivity index (χ0v) is 23.7. The smallest absolute Gasteiger partial charge is 0.249 e. The highest BCUT2D eigenvalue weighted by Crippen LogP contribution is 2.29. The van der Waals surface area contributed by atoms with Crippen molar-refractivity contribution in [1.82, 2.24) is 15.1 Å². The summed E-state index contributed by atoms with van der Waals surface area (Å²) in [6.45, 7) is 4.16. The number of thiophene rings is 1. The topological polar surface area (TPSA) is 97.1 Å². The van der Waals surface area contributed by atoms with Crippen LogP contribution in [0.15, 0.2) is 36.4 Å². The average Bonchev–Trinajstić information content (AvgIpc) is 3.33. The van der Waals surface area contributed by atoms with E-state index in [4.69, 9.17) is 15.2 Å². The highest BCUT2D eigenvalue weighted by Gasteiger charge is 2.39. The third-order valence-corrected chi connectivity index (χ3v) is 8.76. The lowest BCUT2D eigenvalue weighted by Gasteiger charge is -2.43. The number of rotatable bonds is 10. The molecule has 0 bridgehead atoms. The Balaban J connectivity index is 1.54. The molecule has 2 aliphatic rings. The Kier molecular flexibility index (Phi) is 10.2. The molecule has 1 unspecified atom stereocenters. The van der Waals surface area contributed by atoms with Crippen molar-refractivity contribution in [3.8, 4) is 5.75 Å². The minimum Gasteiger partial charge on any atom is -0.497 e. The first-order chi connectivity index (χ1) is 18.4. The number of likely N-dealkylation sites (tertiary alicyclic amines) is 1. The summed E-state index contributed by atoms with van der Waals surface area (Å²) in [5.74, 6) is 0.636. The molecule has 1 aliphatic heterocycles. The predicted octanol–water partition coefficient (Wildman–Crippen LogP) is 3.46. The molecule has 2 fully saturated rings. The molecule has 1 saturated heterocycles. The van der Waals surface area contributed by atoms with Crippen molar-refractivity contribution in [2.24, 2.45) is 5.73 Å². The molecule has 2 heterocycles. The van der Waals surface area contributed by atoms with Gasteiger partial charge in [0.1, 0.15) is 18.4 Å². The van der Waals surface area contributed by atoms with Gasteiger partial charge >= 0.3 is 0 Å². The molecule has 38 heavy (non-hydrogen) atoms. The second-order valence-electron chi connectivity index (χ2n) is 10.6. The van der Waals surface area contributed by atoms with Crippen molar-refractivity contribution in [3.05, 3.63) is 51.7 Å². The minimum absolute atomic E-state index is 0.0191. The fourth-order valence-corrected chi connectivity index (χ4v) is 6.60. The summed E-state index contributed by atoms with van der Waals surface area (Å²) >= 11 is 1.80. The Hall–Kier alpha value is -2.46. The molecule has 1 aromatic heterocycles. The molecular formula is C29H42N4O4S. The highest BCUT2D eigenvalue weighted by atomic mass is 32.1. The maximum absolute atomic E-state index is 13.6. The van der Waals surface area contributed by atoms with Crippen molar-refractivity contribution in [2.45, 2.75) is 82.7 Å². The van der Waals surface area contributed by atoms with Crippen LogP contribution in [0.1, 0.15) is 53.8 Å². The Bertz CT molecular complexity index is 1070. The molecule has 9 heteroatoms. The van der Waals surface area contributed by atoms with E-state index in [1.165, 1.54) is 16.9 Å². The number of hydrogen-bond acceptors (Lipinski definition) is 7. The molecule has 0 radical (unpaired) electrons. The number of methoxy groups -OCH3 is 2. The lowest BCUT2D eigenvalue weighted by molar-refractivity contribution is -0.147. The van der Waals surface area contributed by atoms with Crippen LogP contribution in [0.2, 0.25) is 0 Å². The van der Waals surface area contributed by atoms with Crippen LogP contribution < -0.4 is 15.8 Å². The van der Waals surface area contributed by atoms with E-state index in [0.29, 0.717) is 13.0 Å². The Morgan fingerprint density at radius 3 is 2.58 bits per heavy atom. The predicted molar refractivity (Wildman–Crippen MR) is 150 cm³/mol. The van der Waals surface area contributed by atoms with Gasteiger partial charge < -0.3 is 25.4 Å². The van der Waals surface area contributed by atoms with Gasteiger partial charge in [-0.15, -0.1) is 11.3 Å². The Labute approximate surface area is 230 Å². The van der Waals surface area contributed by atoms with E-state index >= 15 is 0 Å². The number of carbonyl (C=O) groups is 2. The molecule has 1 aromatic carbocycles. The second-order valence-corrected chi connectivity index (χ2v) is 12.0. The molecule has 1 aliphatic carbocycles. The van der Waals surface area contributed by atoms with Crippen LogP contribution in [0.5, 0.6) is 5.75 Å². The summed E-state index contributed by atoms with van der Waals surface area (Å²) in [4.78, 5) is 33.3. The quantitative estimate of drug-likeness (QED) is 0.477. The summed E-state index contributed by atoms with van der Waals surface area (Å²) in [5, 5.41) is 3.25. The van der Waals surface area contributed by atoms with Crippen molar-refractivity contribution >= 4 is 23.2 Å². The van der Waals surface area contributed by atoms with Crippen LogP contribution in [0.4, 0.5) is 0 Å². The number of aryl methyl sites for hydroxylation is 1. The van der Waals surface area contributed by atoms with Gasteiger partial charge in [0.2, 0.25) is 11.8 Å². The van der Waals surface area contributed by atoms with Gasteiger partial charge in [0.05, 0.1) is 7.11 Å². The van der Waals surface area contributed by atoms with E-state index in [2.05, 4.69) is 41.4 Å². The number of hydrogen-bond donors (Lipinski definition) is 2. The number of piperidine rings is 1. The molecule has 3 N–H and O–H groups in total. The van der Waals surface area contributed by atoms with Crippen molar-refractivity contribution < 1.29 is 19.1 Å². The van der Waals surface area contributed by atoms with E-state index in [-0.39, 0.29) is 36.5 Å². The van der Waals surface area contributed by atoms with Gasteiger partial charge in [-0.1, -0.05) is 12.1 Å². The van der Waals surface area contributed by atoms with Crippen LogP contribution in [0.3, 0.4) is 0 Å². The van der Waals surface area contributed by atoms with Gasteiger partial charge in [0.25, 0.3) is 0 Å². The third-order valence-electron chi connectivity index (χ3n) is 7.77. The van der Waals surface area contributed by atoms with E-state index in [1.807, 2.05) is 12.1 Å². The SMILES string of the molecule is COCC(=O)N1CCC(N(Cc2cccc(OC)c2)Cc2ccc(C)s2)C[C@@H]1C(=O)NC1CCC(N)CC1. The Morgan fingerprint density at radius 2 is 1.89 bits per heavy atom. The van der Waals surface area contributed by atoms with Crippen molar-refractivity contribution in [2.75, 3.05) is 27.4 Å². The maximum atomic E-state index is 13.6. The summed E-state index contributed by atoms with van der Waals surface area (Å²) < 4.78 is 10.6. The van der Waals surface area contributed by atoms with Crippen LogP contribution in [-0.2, 0) is 27.4 Å². The average molecular weight is 543 g/mol. The molecule has 8 nitrogen and oxygen atoms in total. The largest absolute Gasteiger partial charge is 0.497 e. The molecule has 2 amide bonds. The lowest BCUT2D eigenvalue weighted by Crippen LogP contribution is -2.59. The number of nitrogens with two attached hydrogens (primary N) is 1. The summed E-state index contributed by atoms with van der Waals surface area (Å²) in [5.41, 5.74) is 7.23. The monoisotopic (exact) mass is 542 g/mol. The van der Waals surface area contributed by atoms with Gasteiger partial charge in [-0.25, -0.2) is 0 Å². The van der Waals surface area contributed by atoms with Gasteiger partial charge in [0.15, 0.2) is 0 Å². The molecule has 2 aromatic rings. The molecule has 1 saturated carbocycles. The number of benzene rings is 1. The van der Waals surface area contributed by atoms with Crippen molar-refractivity contribution in [3.63, 3.8) is 0 Å². The standard InChI is InChI=1S/C29H42N4O4S/c1-20-7-12-26(38-20)18-32(17-21-5-4-6-25(15-21)37-3)24-13-14-33(28(34)19-36-2)27(16-24)29(35)31-23-10-8-22(30)9-11-23/h4-7,12,15,22-24,27H,8-11,13-14,16-19,30H2,1-3H3,(H,31,35)/t22?,23?,24?,27-/m1/s1. The minimum atomic E-state index is -0.523. The van der Waals surface area contributed by atoms with Gasteiger partial charge in [-0.2, -0.15) is 0 Å². The van der Waals surface area contributed by atoms with E-state index < -0.39 is 6.04 Å². The number of nitrogens with one attached hydrogen (secondary N) is 1. The van der Waals surface area contributed by atoms with E-state index in [1.54, 1.807) is 23.3 Å². The lowest BCUT2D eigenvalue weighted by atomic mass is 9.90. The van der Waals surface area contributed by atoms with Gasteiger partial charge in [-0.05, 0) is 75.3 Å². The highest BCUT2D eigenvalue weighted by molar-refractivity contribution is 7.11. The Morgan fingerprint density at radius 1 is 1.11 bits per heavy atom. The summed E-state index contributed by atoms with van der Waals surface area (Å²) in [7, 11) is 3.20. The third kappa shape index (κ3) is 7.56. The first-order valence-electron chi connectivity index (χ1n) is 13.6. The molecule has 2 atom stereocenters. The molecule has 0 spiro atoms. The number of amides is 2. The first-order valence-corrected chi connectivity index (χ1v) is 14.4. The number of carbonyl (C=O) groups excluding carboxylic acids is 2. The molecule has 208 valence electrons. The van der Waals surface area contributed by atoms with E-state index in [0.717, 1.165) is 56.5 Å². The van der Waals surface area contributed by atoms with Crippen LogP contribution in [-0.4, -0.2) is 73.2 Å².